The first-order valence-corrected chi connectivity index (χ1v) is 6.59. The molecule has 1 aliphatic rings. The lowest BCUT2D eigenvalue weighted by molar-refractivity contribution is -0.154. The van der Waals surface area contributed by atoms with Gasteiger partial charge < -0.3 is 10.1 Å². The molecule has 20 heavy (non-hydrogen) atoms. The minimum Gasteiger partial charge on any atom is -0.452 e. The summed E-state index contributed by atoms with van der Waals surface area (Å²) in [4.78, 5) is 34.6. The molecule has 0 heterocycles. The van der Waals surface area contributed by atoms with Gasteiger partial charge in [-0.15, -0.1) is 0 Å². The number of anilines is 1. The third-order valence-electron chi connectivity index (χ3n) is 3.11. The molecule has 106 valence electrons. The van der Waals surface area contributed by atoms with Gasteiger partial charge in [-0.25, -0.2) is 0 Å². The number of ether oxygens (including phenoxy) is 1. The SMILES string of the molecule is CC(=O)c1cccc(NC(=O)[C@@H](C)OC(=O)C2CC2)c1. The molecule has 5 heteroatoms. The van der Waals surface area contributed by atoms with E-state index in [9.17, 15) is 14.4 Å². The van der Waals surface area contributed by atoms with Gasteiger partial charge in [0.2, 0.25) is 0 Å². The number of hydrogen-bond acceptors (Lipinski definition) is 4. The Labute approximate surface area is 117 Å². The van der Waals surface area contributed by atoms with Crippen LogP contribution in [0.25, 0.3) is 0 Å². The molecule has 0 aliphatic heterocycles. The predicted octanol–water partition coefficient (Wildman–Crippen LogP) is 2.17. The van der Waals surface area contributed by atoms with Crippen molar-refractivity contribution in [3.05, 3.63) is 29.8 Å². The molecule has 1 aromatic rings. The molecule has 1 N–H and O–H groups in total. The van der Waals surface area contributed by atoms with Gasteiger partial charge in [-0.1, -0.05) is 12.1 Å². The Morgan fingerprint density at radius 2 is 2.00 bits per heavy atom. The average Bonchev–Trinajstić information content (AvgIpc) is 3.23. The Hall–Kier alpha value is -2.17. The number of ketones is 1. The largest absolute Gasteiger partial charge is 0.452 e. The summed E-state index contributed by atoms with van der Waals surface area (Å²) < 4.78 is 5.07. The fourth-order valence-corrected chi connectivity index (χ4v) is 1.70. The fourth-order valence-electron chi connectivity index (χ4n) is 1.70. The molecule has 2 rings (SSSR count). The quantitative estimate of drug-likeness (QED) is 0.660. The standard InChI is InChI=1S/C15H17NO4/c1-9(17)12-4-3-5-13(8-12)16-14(18)10(2)20-15(19)11-6-7-11/h3-5,8,10-11H,6-7H2,1-2H3,(H,16,18)/t10-/m1/s1. The van der Waals surface area contributed by atoms with Crippen LogP contribution in [0.4, 0.5) is 5.69 Å². The lowest BCUT2D eigenvalue weighted by Crippen LogP contribution is -2.30. The molecule has 1 aliphatic carbocycles. The van der Waals surface area contributed by atoms with Gasteiger partial charge in [-0.05, 0) is 38.8 Å². The van der Waals surface area contributed by atoms with Crippen molar-refractivity contribution in [3.63, 3.8) is 0 Å². The first kappa shape index (κ1) is 14.2. The fraction of sp³-hybridized carbons (Fsp3) is 0.400. The van der Waals surface area contributed by atoms with Crippen molar-refractivity contribution in [2.75, 3.05) is 5.32 Å². The van der Waals surface area contributed by atoms with Gasteiger partial charge in [0.25, 0.3) is 5.91 Å². The van der Waals surface area contributed by atoms with Crippen molar-refractivity contribution in [1.29, 1.82) is 0 Å². The van der Waals surface area contributed by atoms with Gasteiger partial charge in [-0.2, -0.15) is 0 Å². The Balaban J connectivity index is 1.94. The third kappa shape index (κ3) is 3.66. The Kier molecular flexibility index (Phi) is 4.17. The van der Waals surface area contributed by atoms with Crippen molar-refractivity contribution < 1.29 is 19.1 Å². The number of nitrogens with one attached hydrogen (secondary N) is 1. The Morgan fingerprint density at radius 1 is 1.30 bits per heavy atom. The van der Waals surface area contributed by atoms with Crippen LogP contribution in [0.3, 0.4) is 0 Å². The Morgan fingerprint density at radius 3 is 2.60 bits per heavy atom. The topological polar surface area (TPSA) is 72.5 Å². The van der Waals surface area contributed by atoms with Crippen LogP contribution in [0.15, 0.2) is 24.3 Å². The summed E-state index contributed by atoms with van der Waals surface area (Å²) in [5.41, 5.74) is 1.03. The molecule has 1 fully saturated rings. The minimum absolute atomic E-state index is 0.0358. The Bertz CT molecular complexity index is 549. The molecule has 1 atom stereocenters. The summed E-state index contributed by atoms with van der Waals surface area (Å²) in [7, 11) is 0. The smallest absolute Gasteiger partial charge is 0.309 e. The monoisotopic (exact) mass is 275 g/mol. The summed E-state index contributed by atoms with van der Waals surface area (Å²) in [6.07, 6.45) is 0.839. The predicted molar refractivity (Wildman–Crippen MR) is 73.4 cm³/mol. The highest BCUT2D eigenvalue weighted by atomic mass is 16.5. The van der Waals surface area contributed by atoms with E-state index < -0.39 is 12.0 Å². The van der Waals surface area contributed by atoms with Crippen LogP contribution in [0.2, 0.25) is 0 Å². The molecule has 0 aromatic heterocycles. The highest BCUT2D eigenvalue weighted by Gasteiger charge is 2.33. The highest BCUT2D eigenvalue weighted by molar-refractivity contribution is 5.98. The van der Waals surface area contributed by atoms with Crippen LogP contribution in [0.5, 0.6) is 0 Å². The molecule has 0 bridgehead atoms. The molecule has 0 radical (unpaired) electrons. The van der Waals surface area contributed by atoms with E-state index in [1.54, 1.807) is 24.3 Å². The average molecular weight is 275 g/mol. The molecule has 1 saturated carbocycles. The van der Waals surface area contributed by atoms with Gasteiger partial charge in [0.1, 0.15) is 0 Å². The van der Waals surface area contributed by atoms with Gasteiger partial charge >= 0.3 is 5.97 Å². The van der Waals surface area contributed by atoms with E-state index in [0.29, 0.717) is 11.3 Å². The zero-order chi connectivity index (χ0) is 14.7. The van der Waals surface area contributed by atoms with Gasteiger partial charge in [-0.3, -0.25) is 14.4 Å². The summed E-state index contributed by atoms with van der Waals surface area (Å²) in [6.45, 7) is 2.99. The summed E-state index contributed by atoms with van der Waals surface area (Å²) in [5.74, 6) is -0.828. The number of amides is 1. The number of rotatable bonds is 5. The highest BCUT2D eigenvalue weighted by Crippen LogP contribution is 2.30. The van der Waals surface area contributed by atoms with E-state index in [2.05, 4.69) is 5.32 Å². The maximum atomic E-state index is 11.9. The van der Waals surface area contributed by atoms with Crippen LogP contribution in [0, 0.1) is 5.92 Å². The van der Waals surface area contributed by atoms with Gasteiger partial charge in [0, 0.05) is 11.3 Å². The zero-order valence-electron chi connectivity index (χ0n) is 11.5. The lowest BCUT2D eigenvalue weighted by atomic mass is 10.1. The minimum atomic E-state index is -0.843. The van der Waals surface area contributed by atoms with Crippen molar-refractivity contribution in [2.24, 2.45) is 5.92 Å². The van der Waals surface area contributed by atoms with E-state index in [4.69, 9.17) is 4.74 Å². The van der Waals surface area contributed by atoms with Crippen molar-refractivity contribution >= 4 is 23.3 Å². The first-order chi connectivity index (χ1) is 9.47. The van der Waals surface area contributed by atoms with Crippen LogP contribution >= 0.6 is 0 Å². The number of hydrogen-bond donors (Lipinski definition) is 1. The second-order valence-corrected chi connectivity index (χ2v) is 4.98. The maximum absolute atomic E-state index is 11.9. The molecule has 0 unspecified atom stereocenters. The van der Waals surface area contributed by atoms with Crippen LogP contribution in [-0.2, 0) is 14.3 Å². The maximum Gasteiger partial charge on any atom is 0.309 e. The van der Waals surface area contributed by atoms with E-state index in [1.807, 2.05) is 0 Å². The van der Waals surface area contributed by atoms with Crippen LogP contribution in [0.1, 0.15) is 37.0 Å². The molecular formula is C15H17NO4. The van der Waals surface area contributed by atoms with Gasteiger partial charge in [0.15, 0.2) is 11.9 Å². The number of carbonyl (C=O) groups is 3. The number of carbonyl (C=O) groups excluding carboxylic acids is 3. The van der Waals surface area contributed by atoms with Crippen molar-refractivity contribution in [2.45, 2.75) is 32.8 Å². The summed E-state index contributed by atoms with van der Waals surface area (Å²) in [6, 6.07) is 6.64. The van der Waals surface area contributed by atoms with Crippen LogP contribution < -0.4 is 5.32 Å². The van der Waals surface area contributed by atoms with Crippen LogP contribution in [-0.4, -0.2) is 23.8 Å². The third-order valence-corrected chi connectivity index (χ3v) is 3.11. The molecular weight excluding hydrogens is 258 g/mol. The van der Waals surface area contributed by atoms with E-state index >= 15 is 0 Å². The summed E-state index contributed by atoms with van der Waals surface area (Å²) in [5, 5.41) is 2.63. The number of Topliss-reactive ketones (excluding diaryl/α,β-unsaturated/α-hetero) is 1. The van der Waals surface area contributed by atoms with Crippen molar-refractivity contribution in [1.82, 2.24) is 0 Å². The molecule has 1 amide bonds. The lowest BCUT2D eigenvalue weighted by Gasteiger charge is -2.13. The van der Waals surface area contributed by atoms with E-state index in [-0.39, 0.29) is 17.7 Å². The molecule has 5 nitrogen and oxygen atoms in total. The summed E-state index contributed by atoms with van der Waals surface area (Å²) >= 11 is 0. The van der Waals surface area contributed by atoms with Crippen molar-refractivity contribution in [3.8, 4) is 0 Å². The second-order valence-electron chi connectivity index (χ2n) is 4.98. The molecule has 0 spiro atoms. The number of benzene rings is 1. The normalized spacial score (nSPS) is 15.3. The van der Waals surface area contributed by atoms with E-state index in [0.717, 1.165) is 12.8 Å². The molecule has 0 saturated heterocycles. The first-order valence-electron chi connectivity index (χ1n) is 6.59. The van der Waals surface area contributed by atoms with E-state index in [1.165, 1.54) is 13.8 Å². The second kappa shape index (κ2) is 5.86. The number of esters is 1. The zero-order valence-corrected chi connectivity index (χ0v) is 11.5. The molecule has 1 aromatic carbocycles. The van der Waals surface area contributed by atoms with Gasteiger partial charge in [0.05, 0.1) is 5.92 Å².